The van der Waals surface area contributed by atoms with E-state index in [0.29, 0.717) is 25.7 Å². The number of carboxylic acid groups (broad SMARTS) is 1. The van der Waals surface area contributed by atoms with Crippen LogP contribution in [0, 0.1) is 0 Å². The molecular formula is C16H19N3O8. The summed E-state index contributed by atoms with van der Waals surface area (Å²) >= 11 is 0. The van der Waals surface area contributed by atoms with Gasteiger partial charge in [0.25, 0.3) is 5.56 Å². The van der Waals surface area contributed by atoms with E-state index in [-0.39, 0.29) is 5.76 Å². The van der Waals surface area contributed by atoms with Crippen LogP contribution in [0.2, 0.25) is 0 Å². The largest absolute Gasteiger partial charge is 0.475 e. The molecule has 1 aromatic rings. The molecule has 11 nitrogen and oxygen atoms in total. The molecule has 1 aromatic heterocycles. The zero-order valence-electron chi connectivity index (χ0n) is 14.2. The summed E-state index contributed by atoms with van der Waals surface area (Å²) in [7, 11) is 0. The van der Waals surface area contributed by atoms with Crippen molar-refractivity contribution < 1.29 is 28.9 Å². The van der Waals surface area contributed by atoms with Gasteiger partial charge in [-0.1, -0.05) is 0 Å². The minimum absolute atomic E-state index is 0.250. The monoisotopic (exact) mass is 381 g/mol. The molecule has 11 heteroatoms. The van der Waals surface area contributed by atoms with Crippen LogP contribution in [0.5, 0.6) is 0 Å². The second-order valence-corrected chi connectivity index (χ2v) is 6.18. The number of aliphatic carboxylic acids is 1. The predicted molar refractivity (Wildman–Crippen MR) is 88.4 cm³/mol. The van der Waals surface area contributed by atoms with Crippen LogP contribution in [-0.4, -0.2) is 45.0 Å². The van der Waals surface area contributed by atoms with Crippen LogP contribution in [0.15, 0.2) is 33.7 Å². The van der Waals surface area contributed by atoms with Crippen LogP contribution in [0.3, 0.4) is 0 Å². The number of primary amides is 1. The molecule has 146 valence electrons. The number of H-pyrrole nitrogens is 1. The number of carbonyl (C=O) groups excluding carboxylic acids is 1. The van der Waals surface area contributed by atoms with E-state index in [1.807, 2.05) is 0 Å². The van der Waals surface area contributed by atoms with Crippen LogP contribution in [0.1, 0.15) is 31.9 Å². The molecule has 0 saturated carbocycles. The highest BCUT2D eigenvalue weighted by Gasteiger charge is 2.39. The van der Waals surface area contributed by atoms with E-state index in [9.17, 15) is 19.2 Å². The average Bonchev–Trinajstić information content (AvgIpc) is 3.09. The van der Waals surface area contributed by atoms with Gasteiger partial charge in [0.05, 0.1) is 6.10 Å². The molecule has 0 aliphatic carbocycles. The summed E-state index contributed by atoms with van der Waals surface area (Å²) in [6.45, 7) is 0. The van der Waals surface area contributed by atoms with Gasteiger partial charge in [-0.2, -0.15) is 0 Å². The number of hydrogen-bond acceptors (Lipinski definition) is 7. The summed E-state index contributed by atoms with van der Waals surface area (Å²) < 4.78 is 17.7. The van der Waals surface area contributed by atoms with Crippen molar-refractivity contribution in [2.45, 2.75) is 50.4 Å². The normalized spacial score (nSPS) is 26.1. The number of allylic oxidation sites excluding steroid dienone is 1. The van der Waals surface area contributed by atoms with Crippen molar-refractivity contribution in [2.75, 3.05) is 0 Å². The molecule has 0 aromatic carbocycles. The van der Waals surface area contributed by atoms with Crippen LogP contribution in [0.25, 0.3) is 0 Å². The number of aromatic amines is 1. The molecule has 2 aliphatic rings. The van der Waals surface area contributed by atoms with Crippen molar-refractivity contribution in [3.05, 3.63) is 44.9 Å². The molecule has 3 heterocycles. The summed E-state index contributed by atoms with van der Waals surface area (Å²) in [5.74, 6) is -2.27. The SMILES string of the molecule is NC(=O)C(OC1CCC=C(C(=O)O)O1)C1CCC(n2ccc(=O)[nH]c2=O)O1. The minimum atomic E-state index is -1.23. The lowest BCUT2D eigenvalue weighted by Crippen LogP contribution is -2.44. The predicted octanol–water partition coefficient (Wildman–Crippen LogP) is -0.810. The van der Waals surface area contributed by atoms with Crippen molar-refractivity contribution in [3.63, 3.8) is 0 Å². The quantitative estimate of drug-likeness (QED) is 0.576. The van der Waals surface area contributed by atoms with Gasteiger partial charge in [0, 0.05) is 18.7 Å². The third-order valence-electron chi connectivity index (χ3n) is 4.31. The Labute approximate surface area is 152 Å². The van der Waals surface area contributed by atoms with Crippen molar-refractivity contribution in [3.8, 4) is 0 Å². The van der Waals surface area contributed by atoms with E-state index < -0.39 is 47.9 Å². The lowest BCUT2D eigenvalue weighted by atomic mass is 10.1. The highest BCUT2D eigenvalue weighted by atomic mass is 16.7. The van der Waals surface area contributed by atoms with E-state index in [1.54, 1.807) is 0 Å². The summed E-state index contributed by atoms with van der Waals surface area (Å²) in [6.07, 6.45) is 0.723. The number of aromatic nitrogens is 2. The van der Waals surface area contributed by atoms with Crippen LogP contribution in [0.4, 0.5) is 0 Å². The summed E-state index contributed by atoms with van der Waals surface area (Å²) in [5.41, 5.74) is 4.26. The standard InChI is InChI=1S/C16H19N3O8/c17-14(21)13(27-12-3-1-2-9(26-12)15(22)23)8-4-5-11(25-8)19-7-6-10(20)18-16(19)24/h2,6-8,11-13H,1,3-5H2,(H2,17,21)(H,22,23)(H,18,20,24). The Kier molecular flexibility index (Phi) is 5.42. The molecule has 1 saturated heterocycles. The molecule has 0 spiro atoms. The Morgan fingerprint density at radius 2 is 2.11 bits per heavy atom. The van der Waals surface area contributed by atoms with E-state index in [0.717, 1.165) is 0 Å². The first kappa shape index (κ1) is 18.9. The fourth-order valence-corrected chi connectivity index (χ4v) is 3.06. The zero-order chi connectivity index (χ0) is 19.6. The van der Waals surface area contributed by atoms with Gasteiger partial charge in [0.1, 0.15) is 6.23 Å². The van der Waals surface area contributed by atoms with Crippen LogP contribution in [-0.2, 0) is 23.8 Å². The van der Waals surface area contributed by atoms with Crippen LogP contribution < -0.4 is 17.0 Å². The molecule has 0 bridgehead atoms. The Morgan fingerprint density at radius 1 is 1.33 bits per heavy atom. The molecular weight excluding hydrogens is 362 g/mol. The first-order valence-electron chi connectivity index (χ1n) is 8.37. The van der Waals surface area contributed by atoms with Gasteiger partial charge in [-0.05, 0) is 25.3 Å². The summed E-state index contributed by atoms with van der Waals surface area (Å²) in [5, 5.41) is 8.99. The molecule has 0 radical (unpaired) electrons. The first-order valence-corrected chi connectivity index (χ1v) is 8.37. The summed E-state index contributed by atoms with van der Waals surface area (Å²) in [6, 6.07) is 1.19. The second-order valence-electron chi connectivity index (χ2n) is 6.18. The third kappa shape index (κ3) is 4.26. The number of nitrogens with two attached hydrogens (primary N) is 1. The van der Waals surface area contributed by atoms with E-state index >= 15 is 0 Å². The molecule has 4 N–H and O–H groups in total. The number of amides is 1. The van der Waals surface area contributed by atoms with Gasteiger partial charge in [-0.15, -0.1) is 0 Å². The number of carbonyl (C=O) groups is 2. The maximum absolute atomic E-state index is 11.9. The van der Waals surface area contributed by atoms with Crippen molar-refractivity contribution >= 4 is 11.9 Å². The first-order chi connectivity index (χ1) is 12.8. The fourth-order valence-electron chi connectivity index (χ4n) is 3.06. The lowest BCUT2D eigenvalue weighted by molar-refractivity contribution is -0.196. The number of nitrogens with zero attached hydrogens (tertiary/aromatic N) is 1. The highest BCUT2D eigenvalue weighted by molar-refractivity contribution is 5.84. The van der Waals surface area contributed by atoms with E-state index in [2.05, 4.69) is 4.98 Å². The lowest BCUT2D eigenvalue weighted by Gasteiger charge is -2.29. The number of carboxylic acids is 1. The number of hydrogen-bond donors (Lipinski definition) is 3. The highest BCUT2D eigenvalue weighted by Crippen LogP contribution is 2.31. The Bertz CT molecular complexity index is 873. The number of nitrogens with one attached hydrogen (secondary N) is 1. The van der Waals surface area contributed by atoms with Crippen molar-refractivity contribution in [2.24, 2.45) is 5.73 Å². The summed E-state index contributed by atoms with van der Waals surface area (Å²) in [4.78, 5) is 48.0. The molecule has 1 amide bonds. The van der Waals surface area contributed by atoms with Gasteiger partial charge in [0.15, 0.2) is 6.10 Å². The molecule has 1 fully saturated rings. The number of ether oxygens (including phenoxy) is 3. The van der Waals surface area contributed by atoms with Gasteiger partial charge >= 0.3 is 11.7 Å². The van der Waals surface area contributed by atoms with Gasteiger partial charge < -0.3 is 25.1 Å². The van der Waals surface area contributed by atoms with E-state index in [1.165, 1.54) is 22.9 Å². The Hall–Kier alpha value is -2.92. The molecule has 27 heavy (non-hydrogen) atoms. The van der Waals surface area contributed by atoms with Gasteiger partial charge in [-0.25, -0.2) is 9.59 Å². The average molecular weight is 381 g/mol. The van der Waals surface area contributed by atoms with E-state index in [4.69, 9.17) is 25.1 Å². The number of rotatable bonds is 6. The van der Waals surface area contributed by atoms with Crippen molar-refractivity contribution in [1.29, 1.82) is 0 Å². The minimum Gasteiger partial charge on any atom is -0.475 e. The van der Waals surface area contributed by atoms with Crippen molar-refractivity contribution in [1.82, 2.24) is 9.55 Å². The Morgan fingerprint density at radius 3 is 2.78 bits per heavy atom. The third-order valence-corrected chi connectivity index (χ3v) is 4.31. The zero-order valence-corrected chi connectivity index (χ0v) is 14.2. The Balaban J connectivity index is 1.68. The second kappa shape index (κ2) is 7.76. The molecule has 4 atom stereocenters. The molecule has 3 rings (SSSR count). The maximum atomic E-state index is 11.9. The van der Waals surface area contributed by atoms with Gasteiger partial charge in [-0.3, -0.25) is 19.1 Å². The topological polar surface area (TPSA) is 163 Å². The van der Waals surface area contributed by atoms with Crippen LogP contribution >= 0.6 is 0 Å². The molecule has 2 aliphatic heterocycles. The molecule has 4 unspecified atom stereocenters. The maximum Gasteiger partial charge on any atom is 0.370 e. The smallest absolute Gasteiger partial charge is 0.370 e. The fraction of sp³-hybridized carbons (Fsp3) is 0.500. The van der Waals surface area contributed by atoms with Gasteiger partial charge in [0.2, 0.25) is 18.0 Å².